The lowest BCUT2D eigenvalue weighted by Gasteiger charge is -2.08. The number of rotatable bonds is 6. The molecule has 0 saturated carbocycles. The van der Waals surface area contributed by atoms with Crippen LogP contribution in [0.15, 0.2) is 65.1 Å². The van der Waals surface area contributed by atoms with E-state index in [1.54, 1.807) is 36.4 Å². The second-order valence-electron chi connectivity index (χ2n) is 6.45. The topological polar surface area (TPSA) is 55.1 Å². The quantitative estimate of drug-likeness (QED) is 0.316. The number of thioether (sulfide) groups is 1. The van der Waals surface area contributed by atoms with Crippen molar-refractivity contribution in [3.63, 3.8) is 0 Å². The summed E-state index contributed by atoms with van der Waals surface area (Å²) >= 11 is 19.8. The van der Waals surface area contributed by atoms with Gasteiger partial charge in [0.25, 0.3) is 0 Å². The average molecular weight is 478 g/mol. The van der Waals surface area contributed by atoms with E-state index in [2.05, 4.69) is 10.3 Å². The van der Waals surface area contributed by atoms with Crippen molar-refractivity contribution in [3.8, 4) is 11.5 Å². The first kappa shape index (κ1) is 21.1. The standard InChI is InChI=1S/C22H15Cl3N2O2S/c23-14-6-9-20-19(10-14)27-22(29-20)13-4-7-15(8-5-13)26-21(28)12-30-11-16-17(24)2-1-3-18(16)25/h1-10H,11-12H2,(H,26,28). The summed E-state index contributed by atoms with van der Waals surface area (Å²) in [6, 6.07) is 18.0. The van der Waals surface area contributed by atoms with E-state index in [0.29, 0.717) is 43.5 Å². The molecule has 8 heteroatoms. The molecule has 0 atom stereocenters. The summed E-state index contributed by atoms with van der Waals surface area (Å²) in [5.74, 6) is 1.24. The highest BCUT2D eigenvalue weighted by molar-refractivity contribution is 7.99. The number of halogens is 3. The molecule has 4 nitrogen and oxygen atoms in total. The van der Waals surface area contributed by atoms with Crippen LogP contribution in [0.3, 0.4) is 0 Å². The van der Waals surface area contributed by atoms with Gasteiger partial charge in [0.2, 0.25) is 11.8 Å². The average Bonchev–Trinajstić information content (AvgIpc) is 3.14. The van der Waals surface area contributed by atoms with Gasteiger partial charge in [-0.25, -0.2) is 4.98 Å². The molecule has 0 aliphatic rings. The third kappa shape index (κ3) is 4.93. The zero-order valence-corrected chi connectivity index (χ0v) is 18.6. The van der Waals surface area contributed by atoms with Crippen LogP contribution in [0.2, 0.25) is 15.1 Å². The lowest BCUT2D eigenvalue weighted by atomic mass is 10.2. The first-order chi connectivity index (χ1) is 14.5. The molecule has 1 N–H and O–H groups in total. The summed E-state index contributed by atoms with van der Waals surface area (Å²) < 4.78 is 5.76. The number of carbonyl (C=O) groups is 1. The molecule has 0 aliphatic heterocycles. The van der Waals surface area contributed by atoms with E-state index in [0.717, 1.165) is 11.1 Å². The summed E-state index contributed by atoms with van der Waals surface area (Å²) in [7, 11) is 0. The van der Waals surface area contributed by atoms with Crippen molar-refractivity contribution in [3.05, 3.63) is 81.3 Å². The number of hydrogen-bond acceptors (Lipinski definition) is 4. The third-order valence-corrected chi connectivity index (χ3v) is 6.21. The fraction of sp³-hybridized carbons (Fsp3) is 0.0909. The van der Waals surface area contributed by atoms with Crippen molar-refractivity contribution in [1.82, 2.24) is 4.98 Å². The third-order valence-electron chi connectivity index (χ3n) is 4.31. The minimum absolute atomic E-state index is 0.104. The van der Waals surface area contributed by atoms with E-state index in [1.807, 2.05) is 24.3 Å². The minimum Gasteiger partial charge on any atom is -0.436 e. The molecular weight excluding hydrogens is 463 g/mol. The fourth-order valence-electron chi connectivity index (χ4n) is 2.83. The molecule has 4 rings (SSSR count). The number of fused-ring (bicyclic) bond motifs is 1. The van der Waals surface area contributed by atoms with E-state index in [-0.39, 0.29) is 11.7 Å². The van der Waals surface area contributed by atoms with Crippen molar-refractivity contribution < 1.29 is 9.21 Å². The summed E-state index contributed by atoms with van der Waals surface area (Å²) in [5, 5.41) is 4.69. The Bertz CT molecular complexity index is 1190. The second-order valence-corrected chi connectivity index (χ2v) is 8.69. The minimum atomic E-state index is -0.104. The first-order valence-corrected chi connectivity index (χ1v) is 11.3. The van der Waals surface area contributed by atoms with Crippen molar-refractivity contribution in [2.45, 2.75) is 5.75 Å². The van der Waals surface area contributed by atoms with Crippen LogP contribution in [0, 0.1) is 0 Å². The number of carbonyl (C=O) groups excluding carboxylic acids is 1. The molecule has 0 radical (unpaired) electrons. The van der Waals surface area contributed by atoms with Crippen molar-refractivity contribution in [2.24, 2.45) is 0 Å². The molecule has 1 heterocycles. The fourth-order valence-corrected chi connectivity index (χ4v) is 4.56. The van der Waals surface area contributed by atoms with Crippen LogP contribution in [-0.2, 0) is 10.5 Å². The summed E-state index contributed by atoms with van der Waals surface area (Å²) in [6.07, 6.45) is 0. The maximum atomic E-state index is 12.2. The van der Waals surface area contributed by atoms with E-state index in [4.69, 9.17) is 39.2 Å². The predicted molar refractivity (Wildman–Crippen MR) is 126 cm³/mol. The Kier molecular flexibility index (Phi) is 6.54. The van der Waals surface area contributed by atoms with Gasteiger partial charge in [0.15, 0.2) is 5.58 Å². The Balaban J connectivity index is 1.35. The van der Waals surface area contributed by atoms with E-state index < -0.39 is 0 Å². The zero-order valence-electron chi connectivity index (χ0n) is 15.5. The summed E-state index contributed by atoms with van der Waals surface area (Å²) in [4.78, 5) is 16.7. The Morgan fingerprint density at radius 1 is 1.00 bits per heavy atom. The van der Waals surface area contributed by atoms with Gasteiger partial charge in [-0.2, -0.15) is 0 Å². The Morgan fingerprint density at radius 2 is 1.73 bits per heavy atom. The highest BCUT2D eigenvalue weighted by Crippen LogP contribution is 2.29. The van der Waals surface area contributed by atoms with Crippen LogP contribution in [0.25, 0.3) is 22.6 Å². The van der Waals surface area contributed by atoms with Crippen molar-refractivity contribution in [1.29, 1.82) is 0 Å². The van der Waals surface area contributed by atoms with Gasteiger partial charge in [0.05, 0.1) is 5.75 Å². The van der Waals surface area contributed by atoms with Gasteiger partial charge in [0.1, 0.15) is 5.52 Å². The lowest BCUT2D eigenvalue weighted by Crippen LogP contribution is -2.14. The van der Waals surface area contributed by atoms with Crippen molar-refractivity contribution in [2.75, 3.05) is 11.1 Å². The molecule has 0 saturated heterocycles. The van der Waals surface area contributed by atoms with Gasteiger partial charge in [0, 0.05) is 32.1 Å². The Labute approximate surface area is 192 Å². The van der Waals surface area contributed by atoms with Gasteiger partial charge < -0.3 is 9.73 Å². The molecule has 1 amide bonds. The van der Waals surface area contributed by atoms with Crippen LogP contribution >= 0.6 is 46.6 Å². The van der Waals surface area contributed by atoms with Crippen LogP contribution in [0.5, 0.6) is 0 Å². The highest BCUT2D eigenvalue weighted by atomic mass is 35.5. The van der Waals surface area contributed by atoms with Crippen LogP contribution in [-0.4, -0.2) is 16.6 Å². The van der Waals surface area contributed by atoms with E-state index >= 15 is 0 Å². The second kappa shape index (κ2) is 9.31. The molecule has 152 valence electrons. The van der Waals surface area contributed by atoms with Crippen LogP contribution in [0.4, 0.5) is 5.69 Å². The number of nitrogens with one attached hydrogen (secondary N) is 1. The number of hydrogen-bond donors (Lipinski definition) is 1. The molecule has 3 aromatic carbocycles. The number of benzene rings is 3. The van der Waals surface area contributed by atoms with E-state index in [1.165, 1.54) is 11.8 Å². The van der Waals surface area contributed by atoms with Gasteiger partial charge in [-0.3, -0.25) is 4.79 Å². The number of oxazole rings is 1. The Hall–Kier alpha value is -2.18. The number of aromatic nitrogens is 1. The molecule has 0 aliphatic carbocycles. The van der Waals surface area contributed by atoms with Gasteiger partial charge in [-0.1, -0.05) is 40.9 Å². The highest BCUT2D eigenvalue weighted by Gasteiger charge is 2.10. The maximum Gasteiger partial charge on any atom is 0.234 e. The van der Waals surface area contributed by atoms with Crippen molar-refractivity contribution >= 4 is 69.3 Å². The molecule has 1 aromatic heterocycles. The molecular formula is C22H15Cl3N2O2S. The predicted octanol–water partition coefficient (Wildman–Crippen LogP) is 7.33. The largest absolute Gasteiger partial charge is 0.436 e. The zero-order chi connectivity index (χ0) is 21.1. The normalized spacial score (nSPS) is 11.0. The van der Waals surface area contributed by atoms with Gasteiger partial charge >= 0.3 is 0 Å². The summed E-state index contributed by atoms with van der Waals surface area (Å²) in [6.45, 7) is 0. The van der Waals surface area contributed by atoms with Gasteiger partial charge in [-0.05, 0) is 60.2 Å². The molecule has 0 unspecified atom stereocenters. The van der Waals surface area contributed by atoms with Crippen LogP contribution < -0.4 is 5.32 Å². The molecule has 0 fully saturated rings. The van der Waals surface area contributed by atoms with E-state index in [9.17, 15) is 4.79 Å². The van der Waals surface area contributed by atoms with Crippen LogP contribution in [0.1, 0.15) is 5.56 Å². The molecule has 30 heavy (non-hydrogen) atoms. The monoisotopic (exact) mass is 476 g/mol. The number of amides is 1. The maximum absolute atomic E-state index is 12.2. The first-order valence-electron chi connectivity index (χ1n) is 8.96. The van der Waals surface area contributed by atoms with Gasteiger partial charge in [-0.15, -0.1) is 11.8 Å². The summed E-state index contributed by atoms with van der Waals surface area (Å²) in [5.41, 5.74) is 3.71. The molecule has 4 aromatic rings. The number of nitrogens with zero attached hydrogens (tertiary/aromatic N) is 1. The molecule has 0 bridgehead atoms. The molecule has 0 spiro atoms. The number of anilines is 1. The smallest absolute Gasteiger partial charge is 0.234 e. The SMILES string of the molecule is O=C(CSCc1c(Cl)cccc1Cl)Nc1ccc(-c2nc3cc(Cl)ccc3o2)cc1. The Morgan fingerprint density at radius 3 is 2.47 bits per heavy atom. The lowest BCUT2D eigenvalue weighted by molar-refractivity contribution is -0.113.